The number of rotatable bonds is 6. The molecule has 1 unspecified atom stereocenters. The minimum Gasteiger partial charge on any atom is -0.368 e. The van der Waals surface area contributed by atoms with Crippen molar-refractivity contribution in [1.82, 2.24) is 10.2 Å². The summed E-state index contributed by atoms with van der Waals surface area (Å²) in [7, 11) is 0. The summed E-state index contributed by atoms with van der Waals surface area (Å²) in [6.07, 6.45) is 6.72. The zero-order chi connectivity index (χ0) is 11.9. The van der Waals surface area contributed by atoms with E-state index in [1.807, 2.05) is 0 Å². The maximum absolute atomic E-state index is 11.6. The van der Waals surface area contributed by atoms with Crippen molar-refractivity contribution in [2.24, 2.45) is 0 Å². The van der Waals surface area contributed by atoms with E-state index in [1.54, 1.807) is 0 Å². The van der Waals surface area contributed by atoms with Gasteiger partial charge in [-0.25, -0.2) is 0 Å². The van der Waals surface area contributed by atoms with Gasteiger partial charge in [-0.05, 0) is 58.2 Å². The lowest BCUT2D eigenvalue weighted by Crippen LogP contribution is -2.34. The summed E-state index contributed by atoms with van der Waals surface area (Å²) < 4.78 is 5.33. The second-order valence-corrected chi connectivity index (χ2v) is 5.05. The molecular formula is C13H24N2O2. The van der Waals surface area contributed by atoms with Crippen molar-refractivity contribution in [3.8, 4) is 0 Å². The van der Waals surface area contributed by atoms with Crippen LogP contribution in [-0.2, 0) is 9.53 Å². The molecule has 4 nitrogen and oxygen atoms in total. The molecule has 2 rings (SSSR count). The number of nitrogens with one attached hydrogen (secondary N) is 1. The lowest BCUT2D eigenvalue weighted by atomic mass is 10.2. The van der Waals surface area contributed by atoms with Crippen molar-refractivity contribution < 1.29 is 9.53 Å². The quantitative estimate of drug-likeness (QED) is 0.708. The summed E-state index contributed by atoms with van der Waals surface area (Å²) in [4.78, 5) is 14.1. The average molecular weight is 240 g/mol. The molecule has 2 aliphatic heterocycles. The molecular weight excluding hydrogens is 216 g/mol. The molecule has 1 N–H and O–H groups in total. The van der Waals surface area contributed by atoms with Crippen molar-refractivity contribution in [3.63, 3.8) is 0 Å². The third-order valence-electron chi connectivity index (χ3n) is 3.62. The van der Waals surface area contributed by atoms with Crippen molar-refractivity contribution >= 4 is 5.91 Å². The molecule has 2 heterocycles. The van der Waals surface area contributed by atoms with Gasteiger partial charge < -0.3 is 15.0 Å². The summed E-state index contributed by atoms with van der Waals surface area (Å²) in [5, 5.41) is 2.97. The number of ether oxygens (including phenoxy) is 1. The first-order chi connectivity index (χ1) is 8.36. The lowest BCUT2D eigenvalue weighted by molar-refractivity contribution is -0.130. The predicted molar refractivity (Wildman–Crippen MR) is 66.9 cm³/mol. The van der Waals surface area contributed by atoms with Crippen molar-refractivity contribution in [1.29, 1.82) is 0 Å². The Morgan fingerprint density at radius 2 is 2.06 bits per heavy atom. The van der Waals surface area contributed by atoms with Gasteiger partial charge in [0, 0.05) is 13.2 Å². The molecule has 0 spiro atoms. The van der Waals surface area contributed by atoms with Gasteiger partial charge in [0.1, 0.15) is 6.10 Å². The number of amides is 1. The highest BCUT2D eigenvalue weighted by atomic mass is 16.5. The number of nitrogens with zero attached hydrogens (tertiary/aromatic N) is 1. The fraction of sp³-hybridized carbons (Fsp3) is 0.923. The molecule has 0 aromatic carbocycles. The van der Waals surface area contributed by atoms with Crippen LogP contribution in [0.3, 0.4) is 0 Å². The Hall–Kier alpha value is -0.610. The van der Waals surface area contributed by atoms with Crippen LogP contribution in [0.4, 0.5) is 0 Å². The van der Waals surface area contributed by atoms with E-state index in [0.717, 1.165) is 32.4 Å². The first-order valence-corrected chi connectivity index (χ1v) is 6.98. The first-order valence-electron chi connectivity index (χ1n) is 6.98. The molecule has 0 bridgehead atoms. The molecule has 4 heteroatoms. The van der Waals surface area contributed by atoms with E-state index in [2.05, 4.69) is 10.2 Å². The zero-order valence-corrected chi connectivity index (χ0v) is 10.6. The smallest absolute Gasteiger partial charge is 0.249 e. The van der Waals surface area contributed by atoms with Gasteiger partial charge in [0.15, 0.2) is 0 Å². The van der Waals surface area contributed by atoms with E-state index >= 15 is 0 Å². The van der Waals surface area contributed by atoms with Gasteiger partial charge in [0.2, 0.25) is 5.91 Å². The van der Waals surface area contributed by atoms with E-state index in [1.165, 1.54) is 38.9 Å². The number of carbonyl (C=O) groups is 1. The molecule has 17 heavy (non-hydrogen) atoms. The number of carbonyl (C=O) groups excluding carboxylic acids is 1. The Labute approximate surface area is 104 Å². The van der Waals surface area contributed by atoms with Gasteiger partial charge in [0.25, 0.3) is 0 Å². The number of likely N-dealkylation sites (tertiary alicyclic amines) is 1. The van der Waals surface area contributed by atoms with Crippen LogP contribution in [0, 0.1) is 0 Å². The lowest BCUT2D eigenvalue weighted by Gasteiger charge is -2.14. The molecule has 0 saturated carbocycles. The van der Waals surface area contributed by atoms with Crippen LogP contribution < -0.4 is 5.32 Å². The van der Waals surface area contributed by atoms with Crippen molar-refractivity contribution in [3.05, 3.63) is 0 Å². The molecule has 0 radical (unpaired) electrons. The Morgan fingerprint density at radius 1 is 1.24 bits per heavy atom. The van der Waals surface area contributed by atoms with E-state index in [4.69, 9.17) is 4.74 Å². The van der Waals surface area contributed by atoms with Gasteiger partial charge in [-0.2, -0.15) is 0 Å². The van der Waals surface area contributed by atoms with Gasteiger partial charge >= 0.3 is 0 Å². The standard InChI is InChI=1S/C13H24N2O2/c16-13(12-6-5-11-17-12)14-7-1-2-8-15-9-3-4-10-15/h12H,1-11H2,(H,14,16). The second-order valence-electron chi connectivity index (χ2n) is 5.05. The van der Waals surface area contributed by atoms with Crippen molar-refractivity contribution in [2.75, 3.05) is 32.8 Å². The van der Waals surface area contributed by atoms with E-state index in [-0.39, 0.29) is 12.0 Å². The first kappa shape index (κ1) is 12.8. The predicted octanol–water partition coefficient (Wildman–Crippen LogP) is 1.16. The maximum Gasteiger partial charge on any atom is 0.249 e. The summed E-state index contributed by atoms with van der Waals surface area (Å²) in [5.74, 6) is 0.0867. The fourth-order valence-electron chi connectivity index (χ4n) is 2.58. The SMILES string of the molecule is O=C(NCCCCN1CCCC1)C1CCCO1. The van der Waals surface area contributed by atoms with E-state index in [9.17, 15) is 4.79 Å². The third-order valence-corrected chi connectivity index (χ3v) is 3.62. The van der Waals surface area contributed by atoms with Crippen molar-refractivity contribution in [2.45, 2.75) is 44.6 Å². The largest absolute Gasteiger partial charge is 0.368 e. The maximum atomic E-state index is 11.6. The highest BCUT2D eigenvalue weighted by molar-refractivity contribution is 5.80. The number of hydrogen-bond acceptors (Lipinski definition) is 3. The molecule has 0 aliphatic carbocycles. The van der Waals surface area contributed by atoms with Crippen LogP contribution in [0.5, 0.6) is 0 Å². The summed E-state index contributed by atoms with van der Waals surface area (Å²) in [5.41, 5.74) is 0. The van der Waals surface area contributed by atoms with Crippen LogP contribution in [0.25, 0.3) is 0 Å². The van der Waals surface area contributed by atoms with Crippen LogP contribution >= 0.6 is 0 Å². The monoisotopic (exact) mass is 240 g/mol. The minimum atomic E-state index is -0.173. The Balaban J connectivity index is 1.46. The highest BCUT2D eigenvalue weighted by Crippen LogP contribution is 2.11. The summed E-state index contributed by atoms with van der Waals surface area (Å²) in [6.45, 7) is 5.26. The van der Waals surface area contributed by atoms with Crippen LogP contribution in [0.2, 0.25) is 0 Å². The summed E-state index contributed by atoms with van der Waals surface area (Å²) in [6, 6.07) is 0. The molecule has 1 atom stereocenters. The van der Waals surface area contributed by atoms with Gasteiger partial charge in [-0.1, -0.05) is 0 Å². The fourth-order valence-corrected chi connectivity index (χ4v) is 2.58. The Bertz CT molecular complexity index is 234. The number of unbranched alkanes of at least 4 members (excludes halogenated alkanes) is 1. The second kappa shape index (κ2) is 6.97. The van der Waals surface area contributed by atoms with Gasteiger partial charge in [0.05, 0.1) is 0 Å². The molecule has 2 fully saturated rings. The molecule has 2 aliphatic rings. The van der Waals surface area contributed by atoms with Crippen LogP contribution in [-0.4, -0.2) is 49.7 Å². The van der Waals surface area contributed by atoms with Gasteiger partial charge in [-0.15, -0.1) is 0 Å². The van der Waals surface area contributed by atoms with E-state index < -0.39 is 0 Å². The summed E-state index contributed by atoms with van der Waals surface area (Å²) >= 11 is 0. The molecule has 98 valence electrons. The van der Waals surface area contributed by atoms with E-state index in [0.29, 0.717) is 0 Å². The average Bonchev–Trinajstić information content (AvgIpc) is 3.01. The Morgan fingerprint density at radius 3 is 2.76 bits per heavy atom. The normalized spacial score (nSPS) is 25.3. The molecule has 2 saturated heterocycles. The molecule has 1 amide bonds. The Kier molecular flexibility index (Phi) is 5.26. The highest BCUT2D eigenvalue weighted by Gasteiger charge is 2.22. The number of hydrogen-bond donors (Lipinski definition) is 1. The molecule has 0 aromatic rings. The molecule has 0 aromatic heterocycles. The van der Waals surface area contributed by atoms with Crippen LogP contribution in [0.15, 0.2) is 0 Å². The van der Waals surface area contributed by atoms with Crippen LogP contribution in [0.1, 0.15) is 38.5 Å². The van der Waals surface area contributed by atoms with Gasteiger partial charge in [-0.3, -0.25) is 4.79 Å². The zero-order valence-electron chi connectivity index (χ0n) is 10.6. The topological polar surface area (TPSA) is 41.6 Å². The minimum absolute atomic E-state index is 0.0867. The third kappa shape index (κ3) is 4.28.